The highest BCUT2D eigenvalue weighted by Gasteiger charge is 2.08. The summed E-state index contributed by atoms with van der Waals surface area (Å²) < 4.78 is 10.2. The maximum absolute atomic E-state index is 10.3. The molecule has 0 bridgehead atoms. The maximum Gasteiger partial charge on any atom is 0.240 e. The Hall–Kier alpha value is -2.72. The predicted molar refractivity (Wildman–Crippen MR) is 68.4 cm³/mol. The Morgan fingerprint density at radius 2 is 1.79 bits per heavy atom. The van der Waals surface area contributed by atoms with Crippen molar-refractivity contribution >= 4 is 11.8 Å². The summed E-state index contributed by atoms with van der Waals surface area (Å²) in [6.45, 7) is 0. The van der Waals surface area contributed by atoms with Gasteiger partial charge in [-0.2, -0.15) is 15.0 Å². The fourth-order valence-electron chi connectivity index (χ4n) is 1.51. The summed E-state index contributed by atoms with van der Waals surface area (Å²) in [4.78, 5) is 22.3. The molecule has 0 atom stereocenters. The molecule has 1 heterocycles. The van der Waals surface area contributed by atoms with Crippen LogP contribution in [0.1, 0.15) is 0 Å². The van der Waals surface area contributed by atoms with Crippen LogP contribution in [-0.4, -0.2) is 30.3 Å². The molecule has 2 rings (SSSR count). The van der Waals surface area contributed by atoms with Crippen LogP contribution in [-0.2, 0) is 4.79 Å². The van der Waals surface area contributed by atoms with Crippen molar-refractivity contribution in [1.29, 1.82) is 0 Å². The van der Waals surface area contributed by atoms with Gasteiger partial charge in [-0.05, 0) is 12.1 Å². The lowest BCUT2D eigenvalue weighted by atomic mass is 10.2. The van der Waals surface area contributed by atoms with E-state index in [-0.39, 0.29) is 0 Å². The minimum Gasteiger partial charge on any atom is -0.481 e. The first-order valence-corrected chi connectivity index (χ1v) is 5.42. The van der Waals surface area contributed by atoms with Crippen molar-refractivity contribution < 1.29 is 14.3 Å². The molecule has 0 saturated heterocycles. The molecule has 0 unspecified atom stereocenters. The smallest absolute Gasteiger partial charge is 0.240 e. The van der Waals surface area contributed by atoms with E-state index in [9.17, 15) is 4.79 Å². The van der Waals surface area contributed by atoms with E-state index in [1.807, 2.05) is 0 Å². The van der Waals surface area contributed by atoms with E-state index in [1.165, 1.54) is 20.3 Å². The Bertz CT molecular complexity index is 615. The molecule has 0 aliphatic heterocycles. The summed E-state index contributed by atoms with van der Waals surface area (Å²) in [5, 5.41) is 0. The molecule has 1 aromatic carbocycles. The number of aliphatic imine (C=N–C) groups is 1. The predicted octanol–water partition coefficient (Wildman–Crippen LogP) is 2.13. The average molecular weight is 257 g/mol. The zero-order valence-electron chi connectivity index (χ0n) is 10.5. The average Bonchev–Trinajstić information content (AvgIpc) is 2.47. The van der Waals surface area contributed by atoms with Gasteiger partial charge in [-0.3, -0.25) is 0 Å². The monoisotopic (exact) mass is 257 g/mol. The van der Waals surface area contributed by atoms with Crippen molar-refractivity contribution in [1.82, 2.24) is 9.97 Å². The van der Waals surface area contributed by atoms with Crippen LogP contribution in [0.3, 0.4) is 0 Å². The standard InChI is InChI=1S/C13H11N3O3/c1-18-11-7-12(19-2)16-13(15-11)9-4-3-5-10(6-9)14-8-17/h3-7H,1-2H3. The highest BCUT2D eigenvalue weighted by molar-refractivity contribution is 5.63. The molecule has 6 heteroatoms. The first-order chi connectivity index (χ1) is 9.26. The number of methoxy groups -OCH3 is 2. The van der Waals surface area contributed by atoms with Gasteiger partial charge >= 0.3 is 0 Å². The molecule has 2 aromatic rings. The van der Waals surface area contributed by atoms with Crippen molar-refractivity contribution in [3.63, 3.8) is 0 Å². The van der Waals surface area contributed by atoms with E-state index in [0.717, 1.165) is 0 Å². The second kappa shape index (κ2) is 5.75. The minimum atomic E-state index is 0.395. The molecule has 0 radical (unpaired) electrons. The van der Waals surface area contributed by atoms with Gasteiger partial charge in [-0.15, -0.1) is 0 Å². The molecule has 0 N–H and O–H groups in total. The summed E-state index contributed by atoms with van der Waals surface area (Å²) in [5.41, 5.74) is 1.19. The second-order valence-electron chi connectivity index (χ2n) is 3.53. The molecule has 0 fully saturated rings. The molecule has 0 amide bonds. The molecular formula is C13H11N3O3. The molecule has 0 aliphatic carbocycles. The van der Waals surface area contributed by atoms with Crippen LogP contribution in [0.25, 0.3) is 11.4 Å². The van der Waals surface area contributed by atoms with Gasteiger partial charge in [-0.25, -0.2) is 4.79 Å². The number of aromatic nitrogens is 2. The van der Waals surface area contributed by atoms with Gasteiger partial charge in [0, 0.05) is 5.56 Å². The van der Waals surface area contributed by atoms with Crippen LogP contribution in [0.5, 0.6) is 11.8 Å². The van der Waals surface area contributed by atoms with Crippen LogP contribution in [0.2, 0.25) is 0 Å². The molecular weight excluding hydrogens is 246 g/mol. The van der Waals surface area contributed by atoms with Gasteiger partial charge in [0.15, 0.2) is 5.82 Å². The molecule has 19 heavy (non-hydrogen) atoms. The third-order valence-corrected chi connectivity index (χ3v) is 2.38. The summed E-state index contributed by atoms with van der Waals surface area (Å²) in [6.07, 6.45) is 1.49. The van der Waals surface area contributed by atoms with Gasteiger partial charge in [0.1, 0.15) is 0 Å². The van der Waals surface area contributed by atoms with Crippen molar-refractivity contribution in [3.8, 4) is 23.1 Å². The van der Waals surface area contributed by atoms with Crippen LogP contribution in [0.4, 0.5) is 5.69 Å². The fraction of sp³-hybridized carbons (Fsp3) is 0.154. The van der Waals surface area contributed by atoms with Crippen molar-refractivity contribution in [3.05, 3.63) is 30.3 Å². The summed E-state index contributed by atoms with van der Waals surface area (Å²) >= 11 is 0. The zero-order chi connectivity index (χ0) is 13.7. The van der Waals surface area contributed by atoms with Crippen LogP contribution in [0.15, 0.2) is 35.3 Å². The van der Waals surface area contributed by atoms with Gasteiger partial charge in [0.2, 0.25) is 17.8 Å². The number of benzene rings is 1. The molecule has 0 saturated carbocycles. The first kappa shape index (κ1) is 12.7. The number of isocyanates is 1. The summed E-state index contributed by atoms with van der Waals surface area (Å²) in [7, 11) is 3.03. The van der Waals surface area contributed by atoms with Crippen LogP contribution in [0, 0.1) is 0 Å². The van der Waals surface area contributed by atoms with Gasteiger partial charge < -0.3 is 9.47 Å². The third kappa shape index (κ3) is 2.94. The van der Waals surface area contributed by atoms with Gasteiger partial charge in [-0.1, -0.05) is 12.1 Å². The third-order valence-electron chi connectivity index (χ3n) is 2.38. The lowest BCUT2D eigenvalue weighted by Crippen LogP contribution is -1.97. The molecule has 1 aromatic heterocycles. The topological polar surface area (TPSA) is 73.7 Å². The molecule has 0 aliphatic rings. The number of hydrogen-bond acceptors (Lipinski definition) is 6. The quantitative estimate of drug-likeness (QED) is 0.619. The van der Waals surface area contributed by atoms with E-state index < -0.39 is 0 Å². The second-order valence-corrected chi connectivity index (χ2v) is 3.53. The highest BCUT2D eigenvalue weighted by atomic mass is 16.5. The zero-order valence-corrected chi connectivity index (χ0v) is 10.5. The Morgan fingerprint density at radius 1 is 1.11 bits per heavy atom. The van der Waals surface area contributed by atoms with E-state index in [4.69, 9.17) is 9.47 Å². The largest absolute Gasteiger partial charge is 0.481 e. The number of ether oxygens (including phenoxy) is 2. The summed E-state index contributed by atoms with van der Waals surface area (Å²) in [5.74, 6) is 1.22. The maximum atomic E-state index is 10.3. The minimum absolute atomic E-state index is 0.395. The normalized spacial score (nSPS) is 9.58. The van der Waals surface area contributed by atoms with Gasteiger partial charge in [0.25, 0.3) is 0 Å². The Labute approximate surface area is 109 Å². The SMILES string of the molecule is COc1cc(OC)nc(-c2cccc(N=C=O)c2)n1. The Balaban J connectivity index is 2.51. The first-order valence-electron chi connectivity index (χ1n) is 5.42. The van der Waals surface area contributed by atoms with Crippen molar-refractivity contribution in [2.75, 3.05) is 14.2 Å². The Morgan fingerprint density at radius 3 is 2.37 bits per heavy atom. The summed E-state index contributed by atoms with van der Waals surface area (Å²) in [6, 6.07) is 8.50. The molecule has 96 valence electrons. The Kier molecular flexibility index (Phi) is 3.85. The van der Waals surface area contributed by atoms with Gasteiger partial charge in [0.05, 0.1) is 26.0 Å². The van der Waals surface area contributed by atoms with E-state index in [0.29, 0.717) is 28.8 Å². The van der Waals surface area contributed by atoms with E-state index in [2.05, 4.69) is 15.0 Å². The fourth-order valence-corrected chi connectivity index (χ4v) is 1.51. The van der Waals surface area contributed by atoms with Crippen molar-refractivity contribution in [2.24, 2.45) is 4.99 Å². The van der Waals surface area contributed by atoms with Crippen LogP contribution < -0.4 is 9.47 Å². The number of hydrogen-bond donors (Lipinski definition) is 0. The lowest BCUT2D eigenvalue weighted by Gasteiger charge is -2.06. The number of rotatable bonds is 4. The number of nitrogens with zero attached hydrogens (tertiary/aromatic N) is 3. The van der Waals surface area contributed by atoms with Crippen LogP contribution >= 0.6 is 0 Å². The molecule has 6 nitrogen and oxygen atoms in total. The van der Waals surface area contributed by atoms with Crippen molar-refractivity contribution in [2.45, 2.75) is 0 Å². The number of carbonyl (C=O) groups excluding carboxylic acids is 1. The lowest BCUT2D eigenvalue weighted by molar-refractivity contribution is 0.372. The molecule has 0 spiro atoms. The highest BCUT2D eigenvalue weighted by Crippen LogP contribution is 2.25. The van der Waals surface area contributed by atoms with E-state index in [1.54, 1.807) is 30.3 Å². The van der Waals surface area contributed by atoms with E-state index >= 15 is 0 Å².